The lowest BCUT2D eigenvalue weighted by Gasteiger charge is -2.18. The highest BCUT2D eigenvalue weighted by Gasteiger charge is 2.35. The Morgan fingerprint density at radius 2 is 1.94 bits per heavy atom. The number of fused-ring (bicyclic) bond motifs is 3. The number of hydrogen-bond donors (Lipinski definition) is 0. The van der Waals surface area contributed by atoms with Gasteiger partial charge in [-0.15, -0.1) is 21.5 Å². The highest BCUT2D eigenvalue weighted by Crippen LogP contribution is 2.40. The minimum absolute atomic E-state index is 0.158. The van der Waals surface area contributed by atoms with E-state index in [1.165, 1.54) is 29.5 Å². The molecule has 33 heavy (non-hydrogen) atoms. The summed E-state index contributed by atoms with van der Waals surface area (Å²) in [5.74, 6) is 0.694. The molecular formula is C22H19F3N4O2S2. The Labute approximate surface area is 194 Å². The molecule has 0 saturated carbocycles. The van der Waals surface area contributed by atoms with E-state index < -0.39 is 22.5 Å². The molecule has 172 valence electrons. The van der Waals surface area contributed by atoms with Crippen molar-refractivity contribution in [2.45, 2.75) is 56.1 Å². The summed E-state index contributed by atoms with van der Waals surface area (Å²) in [6.07, 6.45) is -1.07. The lowest BCUT2D eigenvalue weighted by atomic mass is 9.97. The minimum atomic E-state index is -4.63. The number of nitrogens with zero attached hydrogens (tertiary/aromatic N) is 4. The number of thioether (sulfide) groups is 1. The maximum absolute atomic E-state index is 13.9. The van der Waals surface area contributed by atoms with Crippen LogP contribution in [0.15, 0.2) is 38.6 Å². The van der Waals surface area contributed by atoms with Crippen molar-refractivity contribution in [3.63, 3.8) is 0 Å². The highest BCUT2D eigenvalue weighted by atomic mass is 32.2. The van der Waals surface area contributed by atoms with Gasteiger partial charge in [-0.2, -0.15) is 13.2 Å². The summed E-state index contributed by atoms with van der Waals surface area (Å²) in [5, 5.41) is 8.00. The molecule has 5 rings (SSSR count). The number of rotatable bonds is 4. The first kappa shape index (κ1) is 22.1. The number of alkyl halides is 3. The Hall–Kier alpha value is -2.66. The highest BCUT2D eigenvalue weighted by molar-refractivity contribution is 7.99. The van der Waals surface area contributed by atoms with E-state index in [1.807, 2.05) is 0 Å². The molecule has 3 aromatic heterocycles. The predicted molar refractivity (Wildman–Crippen MR) is 120 cm³/mol. The van der Waals surface area contributed by atoms with Crippen LogP contribution in [0.2, 0.25) is 0 Å². The Kier molecular flexibility index (Phi) is 5.56. The molecule has 4 aromatic rings. The molecule has 1 aliphatic rings. The van der Waals surface area contributed by atoms with Crippen LogP contribution in [0.5, 0.6) is 0 Å². The molecule has 0 bridgehead atoms. The van der Waals surface area contributed by atoms with Gasteiger partial charge in [0.2, 0.25) is 11.8 Å². The molecule has 0 amide bonds. The van der Waals surface area contributed by atoms with Gasteiger partial charge in [0.25, 0.3) is 5.56 Å². The normalized spacial score (nSPS) is 15.1. The zero-order valence-electron chi connectivity index (χ0n) is 17.8. The lowest BCUT2D eigenvalue weighted by molar-refractivity contribution is -0.137. The quantitative estimate of drug-likeness (QED) is 0.261. The second kappa shape index (κ2) is 8.28. The van der Waals surface area contributed by atoms with Crippen molar-refractivity contribution in [1.82, 2.24) is 19.7 Å². The van der Waals surface area contributed by atoms with Crippen molar-refractivity contribution in [2.24, 2.45) is 0 Å². The summed E-state index contributed by atoms with van der Waals surface area (Å²) in [7, 11) is 0. The summed E-state index contributed by atoms with van der Waals surface area (Å²) in [6.45, 7) is 3.44. The van der Waals surface area contributed by atoms with Gasteiger partial charge in [-0.3, -0.25) is 9.36 Å². The van der Waals surface area contributed by atoms with Gasteiger partial charge in [0, 0.05) is 11.8 Å². The van der Waals surface area contributed by atoms with Gasteiger partial charge in [-0.05, 0) is 50.3 Å². The van der Waals surface area contributed by atoms with Crippen LogP contribution in [0, 0.1) is 6.92 Å². The van der Waals surface area contributed by atoms with E-state index in [4.69, 9.17) is 9.40 Å². The third-order valence-corrected chi connectivity index (χ3v) is 7.81. The average Bonchev–Trinajstić information content (AvgIpc) is 3.36. The molecular weight excluding hydrogens is 473 g/mol. The van der Waals surface area contributed by atoms with Crippen LogP contribution in [-0.2, 0) is 19.0 Å². The van der Waals surface area contributed by atoms with Crippen LogP contribution in [0.1, 0.15) is 52.8 Å². The zero-order chi connectivity index (χ0) is 23.3. The topological polar surface area (TPSA) is 73.8 Å². The SMILES string of the molecule is Cc1nnc(C(C)Sc2nc3sc4c(c3c(=O)n2-c2ccccc2C(F)(F)F)CCCC4)o1. The third kappa shape index (κ3) is 3.97. The van der Waals surface area contributed by atoms with Crippen LogP contribution in [0.4, 0.5) is 13.2 Å². The third-order valence-electron chi connectivity index (χ3n) is 5.58. The molecule has 0 radical (unpaired) electrons. The molecule has 0 fully saturated rings. The Morgan fingerprint density at radius 3 is 2.67 bits per heavy atom. The predicted octanol–water partition coefficient (Wildman–Crippen LogP) is 5.89. The van der Waals surface area contributed by atoms with E-state index >= 15 is 0 Å². The molecule has 11 heteroatoms. The van der Waals surface area contributed by atoms with E-state index in [0.717, 1.165) is 58.5 Å². The van der Waals surface area contributed by atoms with Crippen LogP contribution in [0.3, 0.4) is 0 Å². The van der Waals surface area contributed by atoms with Gasteiger partial charge in [0.1, 0.15) is 4.83 Å². The van der Waals surface area contributed by atoms with Crippen molar-refractivity contribution < 1.29 is 17.6 Å². The van der Waals surface area contributed by atoms with E-state index in [-0.39, 0.29) is 10.8 Å². The van der Waals surface area contributed by atoms with Crippen LogP contribution in [0.25, 0.3) is 15.9 Å². The number of hydrogen-bond acceptors (Lipinski definition) is 7. The standard InChI is InChI=1S/C22H19F3N4O2S2/c1-11(18-28-27-12(2)31-18)32-21-26-19-17(13-7-3-6-10-16(13)33-19)20(30)29(21)15-9-5-4-8-14(15)22(23,24)25/h4-5,8-9,11H,3,6-7,10H2,1-2H3. The smallest absolute Gasteiger partial charge is 0.418 e. The number of benzene rings is 1. The maximum Gasteiger partial charge on any atom is 0.418 e. The Bertz CT molecular complexity index is 1410. The zero-order valence-corrected chi connectivity index (χ0v) is 19.4. The van der Waals surface area contributed by atoms with Gasteiger partial charge < -0.3 is 4.42 Å². The maximum atomic E-state index is 13.9. The van der Waals surface area contributed by atoms with Crippen molar-refractivity contribution >= 4 is 33.3 Å². The first-order valence-corrected chi connectivity index (χ1v) is 12.1. The van der Waals surface area contributed by atoms with Crippen molar-refractivity contribution in [3.05, 3.63) is 62.4 Å². The van der Waals surface area contributed by atoms with Crippen molar-refractivity contribution in [1.29, 1.82) is 0 Å². The van der Waals surface area contributed by atoms with Crippen LogP contribution < -0.4 is 5.56 Å². The molecule has 6 nitrogen and oxygen atoms in total. The molecule has 0 aliphatic heterocycles. The van der Waals surface area contributed by atoms with Crippen LogP contribution >= 0.6 is 23.1 Å². The molecule has 1 unspecified atom stereocenters. The van der Waals surface area contributed by atoms with E-state index in [1.54, 1.807) is 13.8 Å². The fourth-order valence-corrected chi connectivity index (χ4v) is 6.32. The number of halogens is 3. The monoisotopic (exact) mass is 492 g/mol. The fraction of sp³-hybridized carbons (Fsp3) is 0.364. The first-order chi connectivity index (χ1) is 15.7. The Balaban J connectivity index is 1.76. The summed E-state index contributed by atoms with van der Waals surface area (Å²) in [4.78, 5) is 20.1. The van der Waals surface area contributed by atoms with Crippen LogP contribution in [-0.4, -0.2) is 19.7 Å². The summed E-state index contributed by atoms with van der Waals surface area (Å²) < 4.78 is 48.2. The summed E-state index contributed by atoms with van der Waals surface area (Å²) >= 11 is 2.58. The number of para-hydroxylation sites is 1. The van der Waals surface area contributed by atoms with Crippen molar-refractivity contribution in [3.8, 4) is 5.69 Å². The van der Waals surface area contributed by atoms with E-state index in [2.05, 4.69) is 10.2 Å². The molecule has 1 aliphatic carbocycles. The number of aryl methyl sites for hydroxylation is 3. The average molecular weight is 493 g/mol. The van der Waals surface area contributed by atoms with Gasteiger partial charge in [-0.25, -0.2) is 4.98 Å². The van der Waals surface area contributed by atoms with E-state index in [9.17, 15) is 18.0 Å². The van der Waals surface area contributed by atoms with Gasteiger partial charge >= 0.3 is 6.18 Å². The second-order valence-electron chi connectivity index (χ2n) is 7.86. The number of thiophene rings is 1. The lowest BCUT2D eigenvalue weighted by Crippen LogP contribution is -2.25. The molecule has 0 saturated heterocycles. The summed E-state index contributed by atoms with van der Waals surface area (Å²) in [6, 6.07) is 5.09. The fourth-order valence-electron chi connectivity index (χ4n) is 4.07. The minimum Gasteiger partial charge on any atom is -0.424 e. The molecule has 1 aromatic carbocycles. The van der Waals surface area contributed by atoms with E-state index in [0.29, 0.717) is 22.0 Å². The molecule has 1 atom stereocenters. The van der Waals surface area contributed by atoms with Gasteiger partial charge in [0.15, 0.2) is 5.16 Å². The van der Waals surface area contributed by atoms with Gasteiger partial charge in [-0.1, -0.05) is 23.9 Å². The molecule has 0 N–H and O–H groups in total. The number of aromatic nitrogens is 4. The molecule has 0 spiro atoms. The Morgan fingerprint density at radius 1 is 1.18 bits per heavy atom. The largest absolute Gasteiger partial charge is 0.424 e. The van der Waals surface area contributed by atoms with Gasteiger partial charge in [0.05, 0.1) is 21.9 Å². The molecule has 3 heterocycles. The first-order valence-electron chi connectivity index (χ1n) is 10.4. The summed E-state index contributed by atoms with van der Waals surface area (Å²) in [5.41, 5.74) is -0.682. The van der Waals surface area contributed by atoms with Crippen molar-refractivity contribution in [2.75, 3.05) is 0 Å². The second-order valence-corrected chi connectivity index (χ2v) is 10.3.